The molecule has 0 saturated carbocycles. The minimum Gasteiger partial charge on any atom is -0.362 e. The smallest absolute Gasteiger partial charge is 0.322 e. The Kier molecular flexibility index (Phi) is 4.63. The van der Waals surface area contributed by atoms with E-state index in [0.29, 0.717) is 17.4 Å². The van der Waals surface area contributed by atoms with Gasteiger partial charge in [-0.1, -0.05) is 5.16 Å². The molecular weight excluding hydrogens is 282 g/mol. The van der Waals surface area contributed by atoms with Crippen molar-refractivity contribution in [2.24, 2.45) is 0 Å². The summed E-state index contributed by atoms with van der Waals surface area (Å²) in [6, 6.07) is 0.580. The topological polar surface area (TPSA) is 64.9 Å². The first-order valence-corrected chi connectivity index (χ1v) is 8.03. The minimum absolute atomic E-state index is 0.0632. The third-order valence-electron chi connectivity index (χ3n) is 4.71. The van der Waals surface area contributed by atoms with E-state index in [4.69, 9.17) is 4.52 Å². The van der Waals surface area contributed by atoms with Crippen molar-refractivity contribution in [2.75, 3.05) is 51.6 Å². The summed E-state index contributed by atoms with van der Waals surface area (Å²) in [6.07, 6.45) is 4.02. The molecule has 1 unspecified atom stereocenters. The van der Waals surface area contributed by atoms with E-state index >= 15 is 0 Å². The largest absolute Gasteiger partial charge is 0.362 e. The van der Waals surface area contributed by atoms with Crippen molar-refractivity contribution in [3.8, 4) is 0 Å². The van der Waals surface area contributed by atoms with E-state index in [9.17, 15) is 4.79 Å². The molecule has 2 aliphatic heterocycles. The van der Waals surface area contributed by atoms with Crippen molar-refractivity contribution in [2.45, 2.75) is 25.8 Å². The molecule has 2 fully saturated rings. The quantitative estimate of drug-likeness (QED) is 0.890. The van der Waals surface area contributed by atoms with Gasteiger partial charge in [-0.15, -0.1) is 0 Å². The Morgan fingerprint density at radius 2 is 2.09 bits per heavy atom. The molecule has 0 radical (unpaired) electrons. The molecule has 2 amide bonds. The van der Waals surface area contributed by atoms with E-state index in [-0.39, 0.29) is 6.03 Å². The fraction of sp³-hybridized carbons (Fsp3) is 0.733. The molecule has 0 aromatic carbocycles. The second kappa shape index (κ2) is 6.66. The van der Waals surface area contributed by atoms with Gasteiger partial charge in [0.25, 0.3) is 0 Å². The molecule has 7 heteroatoms. The summed E-state index contributed by atoms with van der Waals surface area (Å²) in [5.74, 6) is 0. The number of carbonyl (C=O) groups excluding carboxylic acids is 1. The Bertz CT molecular complexity index is 510. The molecule has 0 bridgehead atoms. The summed E-state index contributed by atoms with van der Waals surface area (Å²) < 4.78 is 4.84. The molecule has 1 atom stereocenters. The lowest BCUT2D eigenvalue weighted by molar-refractivity contribution is 0.0717. The second-order valence-corrected chi connectivity index (χ2v) is 6.33. The molecule has 7 nitrogen and oxygen atoms in total. The summed E-state index contributed by atoms with van der Waals surface area (Å²) in [4.78, 5) is 19.1. The van der Waals surface area contributed by atoms with Gasteiger partial charge in [-0.3, -0.25) is 4.90 Å². The number of rotatable bonds is 2. The summed E-state index contributed by atoms with van der Waals surface area (Å²) in [6.45, 7) is 7.62. The maximum absolute atomic E-state index is 12.3. The zero-order chi connectivity index (χ0) is 15.5. The predicted molar refractivity (Wildman–Crippen MR) is 83.9 cm³/mol. The third-order valence-corrected chi connectivity index (χ3v) is 4.71. The van der Waals surface area contributed by atoms with Gasteiger partial charge in [0.15, 0.2) is 0 Å². The summed E-state index contributed by atoms with van der Waals surface area (Å²) in [5, 5.41) is 6.64. The zero-order valence-electron chi connectivity index (χ0n) is 13.4. The number of aryl methyl sites for hydroxylation is 1. The third kappa shape index (κ3) is 3.41. The monoisotopic (exact) mass is 307 g/mol. The highest BCUT2D eigenvalue weighted by atomic mass is 16.5. The summed E-state index contributed by atoms with van der Waals surface area (Å²) in [7, 11) is 2.19. The van der Waals surface area contributed by atoms with Gasteiger partial charge in [0.2, 0.25) is 0 Å². The molecule has 1 aromatic rings. The zero-order valence-corrected chi connectivity index (χ0v) is 13.4. The molecular formula is C15H25N5O2. The first-order chi connectivity index (χ1) is 10.6. The van der Waals surface area contributed by atoms with Crippen LogP contribution < -0.4 is 5.32 Å². The van der Waals surface area contributed by atoms with Crippen LogP contribution in [0, 0.1) is 6.92 Å². The number of likely N-dealkylation sites (N-methyl/N-ethyl adjacent to an activating group) is 1. The minimum atomic E-state index is -0.0632. The average Bonchev–Trinajstić information content (AvgIpc) is 2.92. The number of aromatic nitrogens is 1. The normalized spacial score (nSPS) is 24.5. The Balaban J connectivity index is 1.49. The van der Waals surface area contributed by atoms with E-state index in [2.05, 4.69) is 27.3 Å². The molecule has 3 rings (SSSR count). The van der Waals surface area contributed by atoms with Crippen LogP contribution in [0.5, 0.6) is 0 Å². The second-order valence-electron chi connectivity index (χ2n) is 6.33. The summed E-state index contributed by atoms with van der Waals surface area (Å²) in [5.41, 5.74) is 1.36. The van der Waals surface area contributed by atoms with E-state index in [0.717, 1.165) is 32.7 Å². The standard InChI is InChI=1S/C15H25N5O2/c1-12-14(11-22-17-12)16-15(21)20-8-6-19(7-9-20)13-4-3-5-18(2)10-13/h11,13H,3-10H2,1-2H3,(H,16,21). The number of urea groups is 1. The Morgan fingerprint density at radius 3 is 2.73 bits per heavy atom. The molecule has 1 N–H and O–H groups in total. The number of hydrogen-bond acceptors (Lipinski definition) is 5. The van der Waals surface area contributed by atoms with Gasteiger partial charge in [-0.05, 0) is 33.4 Å². The van der Waals surface area contributed by atoms with Crippen LogP contribution >= 0.6 is 0 Å². The van der Waals surface area contributed by atoms with Crippen LogP contribution in [0.3, 0.4) is 0 Å². The van der Waals surface area contributed by atoms with Gasteiger partial charge in [0.05, 0.1) is 0 Å². The van der Waals surface area contributed by atoms with Crippen LogP contribution in [0.25, 0.3) is 0 Å². The molecule has 2 saturated heterocycles. The maximum atomic E-state index is 12.3. The Morgan fingerprint density at radius 1 is 1.32 bits per heavy atom. The Hall–Kier alpha value is -1.60. The number of carbonyl (C=O) groups is 1. The van der Waals surface area contributed by atoms with Crippen LogP contribution in [0.4, 0.5) is 10.5 Å². The highest BCUT2D eigenvalue weighted by Gasteiger charge is 2.28. The molecule has 2 aliphatic rings. The highest BCUT2D eigenvalue weighted by molar-refractivity contribution is 5.89. The maximum Gasteiger partial charge on any atom is 0.322 e. The van der Waals surface area contributed by atoms with E-state index in [1.165, 1.54) is 25.6 Å². The van der Waals surface area contributed by atoms with Crippen molar-refractivity contribution >= 4 is 11.7 Å². The average molecular weight is 307 g/mol. The number of piperazine rings is 1. The predicted octanol–water partition coefficient (Wildman–Crippen LogP) is 1.23. The SMILES string of the molecule is Cc1nocc1NC(=O)N1CCN(C2CCCN(C)C2)CC1. The number of amides is 2. The van der Waals surface area contributed by atoms with Crippen molar-refractivity contribution in [3.63, 3.8) is 0 Å². The van der Waals surface area contributed by atoms with E-state index < -0.39 is 0 Å². The van der Waals surface area contributed by atoms with Crippen molar-refractivity contribution < 1.29 is 9.32 Å². The van der Waals surface area contributed by atoms with Gasteiger partial charge < -0.3 is 19.6 Å². The number of anilines is 1. The van der Waals surface area contributed by atoms with Gasteiger partial charge >= 0.3 is 6.03 Å². The first-order valence-electron chi connectivity index (χ1n) is 8.03. The number of nitrogens with one attached hydrogen (secondary N) is 1. The van der Waals surface area contributed by atoms with Crippen LogP contribution in [-0.4, -0.2) is 78.2 Å². The molecule has 22 heavy (non-hydrogen) atoms. The lowest BCUT2D eigenvalue weighted by Crippen LogP contribution is -2.56. The highest BCUT2D eigenvalue weighted by Crippen LogP contribution is 2.18. The molecule has 3 heterocycles. The van der Waals surface area contributed by atoms with Gasteiger partial charge in [0, 0.05) is 38.8 Å². The van der Waals surface area contributed by atoms with Crippen molar-refractivity contribution in [1.29, 1.82) is 0 Å². The van der Waals surface area contributed by atoms with Crippen molar-refractivity contribution in [1.82, 2.24) is 19.9 Å². The number of hydrogen-bond donors (Lipinski definition) is 1. The van der Waals surface area contributed by atoms with Crippen molar-refractivity contribution in [3.05, 3.63) is 12.0 Å². The lowest BCUT2D eigenvalue weighted by Gasteiger charge is -2.42. The molecule has 0 aliphatic carbocycles. The van der Waals surface area contributed by atoms with Gasteiger partial charge in [-0.2, -0.15) is 0 Å². The Labute approximate surface area is 131 Å². The van der Waals surface area contributed by atoms with Crippen LogP contribution in [0.2, 0.25) is 0 Å². The van der Waals surface area contributed by atoms with Crippen LogP contribution in [-0.2, 0) is 0 Å². The van der Waals surface area contributed by atoms with E-state index in [1.54, 1.807) is 0 Å². The number of piperidine rings is 1. The fourth-order valence-electron chi connectivity index (χ4n) is 3.33. The van der Waals surface area contributed by atoms with Crippen LogP contribution in [0.15, 0.2) is 10.8 Å². The first kappa shape index (κ1) is 15.3. The van der Waals surface area contributed by atoms with Gasteiger partial charge in [0.1, 0.15) is 17.6 Å². The molecule has 0 spiro atoms. The number of nitrogens with zero attached hydrogens (tertiary/aromatic N) is 4. The van der Waals surface area contributed by atoms with Gasteiger partial charge in [-0.25, -0.2) is 4.79 Å². The van der Waals surface area contributed by atoms with E-state index in [1.807, 2.05) is 11.8 Å². The summed E-state index contributed by atoms with van der Waals surface area (Å²) >= 11 is 0. The van der Waals surface area contributed by atoms with Crippen LogP contribution in [0.1, 0.15) is 18.5 Å². The fourth-order valence-corrected chi connectivity index (χ4v) is 3.33. The molecule has 122 valence electrons. The molecule has 1 aromatic heterocycles. The lowest BCUT2D eigenvalue weighted by atomic mass is 10.0. The number of likely N-dealkylation sites (tertiary alicyclic amines) is 1.